The predicted octanol–water partition coefficient (Wildman–Crippen LogP) is 10.7. The van der Waals surface area contributed by atoms with Gasteiger partial charge in [-0.25, -0.2) is 17.6 Å². The van der Waals surface area contributed by atoms with Crippen molar-refractivity contribution in [2.45, 2.75) is 38.8 Å². The maximum absolute atomic E-state index is 15.0. The topological polar surface area (TPSA) is 0 Å². The zero-order chi connectivity index (χ0) is 28.2. The first-order chi connectivity index (χ1) is 18.6. The highest BCUT2D eigenvalue weighted by Crippen LogP contribution is 2.34. The van der Waals surface area contributed by atoms with Crippen molar-refractivity contribution in [2.24, 2.45) is 0 Å². The quantitative estimate of drug-likeness (QED) is 0.153. The molecular weight excluding hydrogens is 517 g/mol. The minimum atomic E-state index is -5.10. The molecule has 0 amide bonds. The van der Waals surface area contributed by atoms with Gasteiger partial charge in [0, 0.05) is 5.56 Å². The molecule has 0 heterocycles. The second-order valence-corrected chi connectivity index (χ2v) is 9.27. The van der Waals surface area contributed by atoms with Crippen LogP contribution in [-0.4, -0.2) is 6.18 Å². The van der Waals surface area contributed by atoms with Gasteiger partial charge in [0.1, 0.15) is 23.3 Å². The predicted molar refractivity (Wildman–Crippen MR) is 141 cm³/mol. The lowest BCUT2D eigenvalue weighted by Crippen LogP contribution is -2.04. The first-order valence-corrected chi connectivity index (χ1v) is 12.5. The molecule has 202 valence electrons. The van der Waals surface area contributed by atoms with E-state index in [4.69, 9.17) is 0 Å². The molecule has 0 saturated heterocycles. The van der Waals surface area contributed by atoms with Gasteiger partial charge in [-0.15, -0.1) is 0 Å². The Labute approximate surface area is 222 Å². The van der Waals surface area contributed by atoms with E-state index in [9.17, 15) is 30.7 Å². The fourth-order valence-electron chi connectivity index (χ4n) is 4.40. The van der Waals surface area contributed by atoms with Crippen LogP contribution >= 0.6 is 0 Å². The second kappa shape index (κ2) is 11.9. The minimum absolute atomic E-state index is 0.182. The largest absolute Gasteiger partial charge is 0.412 e. The standard InChI is InChI=1S/C32H25F7/c1-2-3-4-5-20-6-8-21(9-7-20)22-10-12-23(13-11-22)24-14-15-26(27(33)16-24)25-17-28(34)31(29(35)18-25)30(36)19-32(37,38)39/h6-19H,2-5H2,1H3/b30-19-. The summed E-state index contributed by atoms with van der Waals surface area (Å²) in [5.41, 5.74) is 2.66. The van der Waals surface area contributed by atoms with Crippen molar-refractivity contribution < 1.29 is 30.7 Å². The average Bonchev–Trinajstić information content (AvgIpc) is 2.88. The molecule has 0 aliphatic heterocycles. The molecule has 0 atom stereocenters. The lowest BCUT2D eigenvalue weighted by atomic mass is 9.96. The summed E-state index contributed by atoms with van der Waals surface area (Å²) in [6.45, 7) is 2.17. The molecule has 4 aromatic rings. The fraction of sp³-hybridized carbons (Fsp3) is 0.188. The molecule has 0 aromatic heterocycles. The van der Waals surface area contributed by atoms with Gasteiger partial charge in [-0.1, -0.05) is 80.4 Å². The van der Waals surface area contributed by atoms with Crippen molar-refractivity contribution in [2.75, 3.05) is 0 Å². The zero-order valence-corrected chi connectivity index (χ0v) is 21.1. The Morgan fingerprint density at radius 1 is 0.641 bits per heavy atom. The summed E-state index contributed by atoms with van der Waals surface area (Å²) in [7, 11) is 0. The van der Waals surface area contributed by atoms with Crippen LogP contribution in [0.1, 0.15) is 37.3 Å². The van der Waals surface area contributed by atoms with Gasteiger partial charge in [0.2, 0.25) is 0 Å². The molecule has 4 aromatic carbocycles. The van der Waals surface area contributed by atoms with Crippen LogP contribution < -0.4 is 0 Å². The Hall–Kier alpha value is -3.87. The van der Waals surface area contributed by atoms with Crippen LogP contribution in [0.4, 0.5) is 30.7 Å². The molecule has 0 saturated carbocycles. The number of unbranched alkanes of at least 4 members (excludes halogenated alkanes) is 2. The van der Waals surface area contributed by atoms with Crippen molar-refractivity contribution in [3.05, 3.63) is 114 Å². The average molecular weight is 543 g/mol. The molecular formula is C32H25F7. The zero-order valence-electron chi connectivity index (χ0n) is 21.1. The second-order valence-electron chi connectivity index (χ2n) is 9.27. The van der Waals surface area contributed by atoms with Crippen molar-refractivity contribution in [3.8, 4) is 33.4 Å². The van der Waals surface area contributed by atoms with Crippen molar-refractivity contribution >= 4 is 5.83 Å². The Morgan fingerprint density at radius 2 is 1.13 bits per heavy atom. The van der Waals surface area contributed by atoms with Gasteiger partial charge in [-0.2, -0.15) is 13.2 Å². The van der Waals surface area contributed by atoms with Crippen LogP contribution in [0, 0.1) is 17.5 Å². The molecule has 0 N–H and O–H groups in total. The number of benzene rings is 4. The van der Waals surface area contributed by atoms with Crippen molar-refractivity contribution in [1.82, 2.24) is 0 Å². The van der Waals surface area contributed by atoms with Crippen LogP contribution in [0.25, 0.3) is 39.2 Å². The van der Waals surface area contributed by atoms with E-state index >= 15 is 0 Å². The number of alkyl halides is 3. The highest BCUT2D eigenvalue weighted by atomic mass is 19.4. The van der Waals surface area contributed by atoms with Gasteiger partial charge in [0.05, 0.1) is 11.6 Å². The number of rotatable bonds is 8. The van der Waals surface area contributed by atoms with Crippen LogP contribution in [0.2, 0.25) is 0 Å². The number of allylic oxidation sites excluding steroid dienone is 1. The molecule has 0 radical (unpaired) electrons. The first kappa shape index (κ1) is 28.1. The van der Waals surface area contributed by atoms with Crippen molar-refractivity contribution in [1.29, 1.82) is 0 Å². The third-order valence-corrected chi connectivity index (χ3v) is 6.43. The van der Waals surface area contributed by atoms with Crippen molar-refractivity contribution in [3.63, 3.8) is 0 Å². The highest BCUT2D eigenvalue weighted by Gasteiger charge is 2.28. The van der Waals surface area contributed by atoms with Gasteiger partial charge in [0.25, 0.3) is 0 Å². The van der Waals surface area contributed by atoms with E-state index in [1.54, 1.807) is 6.07 Å². The summed E-state index contributed by atoms with van der Waals surface area (Å²) < 4.78 is 94.7. The van der Waals surface area contributed by atoms with E-state index in [1.807, 2.05) is 24.3 Å². The van der Waals surface area contributed by atoms with Crippen LogP contribution in [0.3, 0.4) is 0 Å². The van der Waals surface area contributed by atoms with E-state index in [0.29, 0.717) is 23.3 Å². The maximum Gasteiger partial charge on any atom is 0.412 e. The number of hydrogen-bond acceptors (Lipinski definition) is 0. The van der Waals surface area contributed by atoms with Gasteiger partial charge >= 0.3 is 6.18 Å². The van der Waals surface area contributed by atoms with Crippen LogP contribution in [0.15, 0.2) is 84.9 Å². The number of halogens is 7. The molecule has 0 nitrogen and oxygen atoms in total. The molecule has 4 rings (SSSR count). The van der Waals surface area contributed by atoms with Gasteiger partial charge in [-0.05, 0) is 64.4 Å². The van der Waals surface area contributed by atoms with E-state index in [-0.39, 0.29) is 11.1 Å². The van der Waals surface area contributed by atoms with Crippen LogP contribution in [0.5, 0.6) is 0 Å². The highest BCUT2D eigenvalue weighted by molar-refractivity contribution is 5.75. The van der Waals surface area contributed by atoms with Gasteiger partial charge in [-0.3, -0.25) is 0 Å². The lowest BCUT2D eigenvalue weighted by Gasteiger charge is -2.11. The Balaban J connectivity index is 1.54. The maximum atomic E-state index is 15.0. The molecule has 7 heteroatoms. The summed E-state index contributed by atoms with van der Waals surface area (Å²) in [5.74, 6) is -6.05. The SMILES string of the molecule is CCCCCc1ccc(-c2ccc(-c3ccc(-c4cc(F)c(/C(F)=C/C(F)(F)F)c(F)c4)c(F)c3)cc2)cc1. The summed E-state index contributed by atoms with van der Waals surface area (Å²) in [4.78, 5) is 0. The summed E-state index contributed by atoms with van der Waals surface area (Å²) in [6, 6.07) is 21.2. The Morgan fingerprint density at radius 3 is 1.64 bits per heavy atom. The van der Waals surface area contributed by atoms with E-state index in [2.05, 4.69) is 31.2 Å². The fourth-order valence-corrected chi connectivity index (χ4v) is 4.40. The summed E-state index contributed by atoms with van der Waals surface area (Å²) in [5, 5.41) is 0. The van der Waals surface area contributed by atoms with E-state index < -0.39 is 41.1 Å². The molecule has 0 spiro atoms. The third-order valence-electron chi connectivity index (χ3n) is 6.43. The van der Waals surface area contributed by atoms with E-state index in [1.165, 1.54) is 30.5 Å². The minimum Gasteiger partial charge on any atom is -0.206 e. The molecule has 0 aliphatic rings. The number of aryl methyl sites for hydroxylation is 1. The molecule has 39 heavy (non-hydrogen) atoms. The Bertz CT molecular complexity index is 1440. The number of hydrogen-bond donors (Lipinski definition) is 0. The summed E-state index contributed by atoms with van der Waals surface area (Å²) in [6.07, 6.45) is -1.35. The molecule has 0 aliphatic carbocycles. The lowest BCUT2D eigenvalue weighted by molar-refractivity contribution is -0.0798. The van der Waals surface area contributed by atoms with E-state index in [0.717, 1.165) is 24.0 Å². The Kier molecular flexibility index (Phi) is 8.58. The molecule has 0 bridgehead atoms. The van der Waals surface area contributed by atoms with Gasteiger partial charge in [0.15, 0.2) is 0 Å². The van der Waals surface area contributed by atoms with Crippen LogP contribution in [-0.2, 0) is 6.42 Å². The smallest absolute Gasteiger partial charge is 0.206 e. The molecule has 0 unspecified atom stereocenters. The first-order valence-electron chi connectivity index (χ1n) is 12.5. The normalized spacial score (nSPS) is 12.2. The van der Waals surface area contributed by atoms with Gasteiger partial charge < -0.3 is 0 Å². The third kappa shape index (κ3) is 6.96. The summed E-state index contributed by atoms with van der Waals surface area (Å²) >= 11 is 0. The monoisotopic (exact) mass is 542 g/mol. The molecule has 0 fully saturated rings.